The Kier molecular flexibility index (Phi) is 9.39. The van der Waals surface area contributed by atoms with E-state index in [2.05, 4.69) is 13.0 Å². The summed E-state index contributed by atoms with van der Waals surface area (Å²) in [4.78, 5) is 14.2. The second-order valence-electron chi connectivity index (χ2n) is 6.19. The lowest BCUT2D eigenvalue weighted by Gasteiger charge is -2.21. The molecule has 0 bridgehead atoms. The molecule has 25 heavy (non-hydrogen) atoms. The highest BCUT2D eigenvalue weighted by Crippen LogP contribution is 2.28. The van der Waals surface area contributed by atoms with E-state index in [0.717, 1.165) is 47.3 Å². The van der Waals surface area contributed by atoms with Crippen molar-refractivity contribution in [2.24, 2.45) is 5.73 Å². The number of rotatable bonds is 9. The van der Waals surface area contributed by atoms with Crippen LogP contribution < -0.4 is 5.73 Å². The number of aryl methyl sites for hydroxylation is 1. The predicted octanol–water partition coefficient (Wildman–Crippen LogP) is 4.24. The van der Waals surface area contributed by atoms with Crippen LogP contribution in [0.5, 0.6) is 0 Å². The highest BCUT2D eigenvalue weighted by atomic mass is 35.5. The molecule has 2 rings (SSSR count). The number of para-hydroxylation sites is 1. The first-order valence-electron chi connectivity index (χ1n) is 8.57. The van der Waals surface area contributed by atoms with Gasteiger partial charge in [0.15, 0.2) is 0 Å². The fourth-order valence-electron chi connectivity index (χ4n) is 2.83. The summed E-state index contributed by atoms with van der Waals surface area (Å²) in [7, 11) is 1.83. The molecule has 0 aliphatic rings. The van der Waals surface area contributed by atoms with Crippen LogP contribution in [0.25, 0.3) is 11.0 Å². The summed E-state index contributed by atoms with van der Waals surface area (Å²) in [5, 5.41) is 1.10. The second kappa shape index (κ2) is 10.7. The van der Waals surface area contributed by atoms with Crippen LogP contribution in [0.2, 0.25) is 0 Å². The molecule has 0 aliphatic carbocycles. The Labute approximate surface area is 160 Å². The Hall–Kier alpha value is -1.17. The maximum Gasteiger partial charge on any atom is 0.239 e. The Morgan fingerprint density at radius 1 is 1.36 bits per heavy atom. The molecule has 0 saturated heterocycles. The maximum atomic E-state index is 12.5. The molecular weight excluding hydrogens is 356 g/mol. The Morgan fingerprint density at radius 2 is 2.08 bits per heavy atom. The number of carbonyl (C=O) groups excluding carboxylic acids is 1. The van der Waals surface area contributed by atoms with Gasteiger partial charge in [-0.2, -0.15) is 11.8 Å². The van der Waals surface area contributed by atoms with Gasteiger partial charge in [0.05, 0.1) is 6.04 Å². The van der Waals surface area contributed by atoms with E-state index in [1.807, 2.05) is 31.5 Å². The van der Waals surface area contributed by atoms with Gasteiger partial charge in [0, 0.05) is 31.0 Å². The number of unbranched alkanes of at least 4 members (excludes halogenated alkanes) is 1. The van der Waals surface area contributed by atoms with Crippen molar-refractivity contribution in [2.45, 2.75) is 45.2 Å². The zero-order chi connectivity index (χ0) is 17.5. The molecule has 2 N–H and O–H groups in total. The van der Waals surface area contributed by atoms with Crippen molar-refractivity contribution >= 4 is 41.0 Å². The monoisotopic (exact) mass is 384 g/mol. The van der Waals surface area contributed by atoms with Crippen molar-refractivity contribution in [1.82, 2.24) is 4.90 Å². The number of furan rings is 1. The fraction of sp³-hybridized carbons (Fsp3) is 0.526. The third-order valence-electron chi connectivity index (χ3n) is 4.26. The lowest BCUT2D eigenvalue weighted by atomic mass is 10.1. The molecule has 1 aromatic carbocycles. The van der Waals surface area contributed by atoms with Crippen molar-refractivity contribution in [3.63, 3.8) is 0 Å². The van der Waals surface area contributed by atoms with Crippen LogP contribution in [0.4, 0.5) is 0 Å². The number of nitrogens with zero attached hydrogens (tertiary/aromatic N) is 1. The van der Waals surface area contributed by atoms with E-state index in [0.29, 0.717) is 13.0 Å². The summed E-state index contributed by atoms with van der Waals surface area (Å²) in [6.45, 7) is 2.71. The molecule has 1 heterocycles. The van der Waals surface area contributed by atoms with E-state index in [1.165, 1.54) is 0 Å². The van der Waals surface area contributed by atoms with Gasteiger partial charge in [0.2, 0.25) is 5.91 Å². The minimum Gasteiger partial charge on any atom is -0.461 e. The first-order chi connectivity index (χ1) is 11.6. The number of halogens is 1. The van der Waals surface area contributed by atoms with Crippen LogP contribution in [0.1, 0.15) is 37.5 Å². The van der Waals surface area contributed by atoms with Crippen LogP contribution in [-0.2, 0) is 17.8 Å². The van der Waals surface area contributed by atoms with Crippen molar-refractivity contribution in [2.75, 3.05) is 19.1 Å². The standard InChI is InChI=1S/C19H28N2O2S.ClH/c1-4-5-9-18-15(14-8-6-7-10-17(14)23-18)13-21(2)19(22)16(20)11-12-24-3;/h6-8,10,16H,4-5,9,11-13,20H2,1-3H3;1H/t16-;/m0./s1. The van der Waals surface area contributed by atoms with Gasteiger partial charge in [0.1, 0.15) is 11.3 Å². The molecule has 4 nitrogen and oxygen atoms in total. The largest absolute Gasteiger partial charge is 0.461 e. The van der Waals surface area contributed by atoms with E-state index in [9.17, 15) is 4.79 Å². The van der Waals surface area contributed by atoms with Gasteiger partial charge in [-0.3, -0.25) is 4.79 Å². The third-order valence-corrected chi connectivity index (χ3v) is 4.90. The normalized spacial score (nSPS) is 12.0. The van der Waals surface area contributed by atoms with Gasteiger partial charge in [0.25, 0.3) is 0 Å². The first kappa shape index (κ1) is 21.9. The van der Waals surface area contributed by atoms with Gasteiger partial charge >= 0.3 is 0 Å². The molecule has 0 unspecified atom stereocenters. The third kappa shape index (κ3) is 5.66. The number of likely N-dealkylation sites (N-methyl/N-ethyl adjacent to an activating group) is 1. The molecule has 1 atom stereocenters. The van der Waals surface area contributed by atoms with E-state index < -0.39 is 6.04 Å². The van der Waals surface area contributed by atoms with Crippen molar-refractivity contribution in [1.29, 1.82) is 0 Å². The minimum absolute atomic E-state index is 0. The van der Waals surface area contributed by atoms with Crippen LogP contribution in [0.15, 0.2) is 28.7 Å². The number of hydrogen-bond acceptors (Lipinski definition) is 4. The zero-order valence-electron chi connectivity index (χ0n) is 15.3. The topological polar surface area (TPSA) is 59.5 Å². The second-order valence-corrected chi connectivity index (χ2v) is 7.17. The fourth-order valence-corrected chi connectivity index (χ4v) is 3.32. The van der Waals surface area contributed by atoms with E-state index in [4.69, 9.17) is 10.2 Å². The zero-order valence-corrected chi connectivity index (χ0v) is 16.9. The number of hydrogen-bond donors (Lipinski definition) is 1. The minimum atomic E-state index is -0.431. The molecule has 0 aliphatic heterocycles. The lowest BCUT2D eigenvalue weighted by molar-refractivity contribution is -0.131. The summed E-state index contributed by atoms with van der Waals surface area (Å²) in [5.41, 5.74) is 8.05. The van der Waals surface area contributed by atoms with Crippen molar-refractivity contribution in [3.8, 4) is 0 Å². The van der Waals surface area contributed by atoms with Gasteiger partial charge < -0.3 is 15.1 Å². The van der Waals surface area contributed by atoms with Gasteiger partial charge in [-0.25, -0.2) is 0 Å². The summed E-state index contributed by atoms with van der Waals surface area (Å²) in [5.74, 6) is 1.89. The Balaban J connectivity index is 0.00000312. The van der Waals surface area contributed by atoms with Gasteiger partial charge in [-0.15, -0.1) is 12.4 Å². The maximum absolute atomic E-state index is 12.5. The van der Waals surface area contributed by atoms with Crippen molar-refractivity contribution in [3.05, 3.63) is 35.6 Å². The first-order valence-corrected chi connectivity index (χ1v) is 9.96. The quantitative estimate of drug-likeness (QED) is 0.702. The summed E-state index contributed by atoms with van der Waals surface area (Å²) >= 11 is 1.71. The smallest absolute Gasteiger partial charge is 0.239 e. The van der Waals surface area contributed by atoms with Crippen LogP contribution >= 0.6 is 24.2 Å². The number of thioether (sulfide) groups is 1. The average Bonchev–Trinajstić information content (AvgIpc) is 2.94. The Morgan fingerprint density at radius 3 is 2.76 bits per heavy atom. The number of nitrogens with two attached hydrogens (primary N) is 1. The lowest BCUT2D eigenvalue weighted by Crippen LogP contribution is -2.41. The molecule has 6 heteroatoms. The molecule has 0 radical (unpaired) electrons. The number of fused-ring (bicyclic) bond motifs is 1. The molecule has 1 amide bonds. The highest BCUT2D eigenvalue weighted by molar-refractivity contribution is 7.98. The number of amides is 1. The van der Waals surface area contributed by atoms with Crippen molar-refractivity contribution < 1.29 is 9.21 Å². The Bertz CT molecular complexity index is 674. The van der Waals surface area contributed by atoms with Gasteiger partial charge in [-0.1, -0.05) is 31.5 Å². The van der Waals surface area contributed by atoms with Gasteiger partial charge in [-0.05, 0) is 30.9 Å². The van der Waals surface area contributed by atoms with E-state index >= 15 is 0 Å². The molecule has 0 spiro atoms. The van der Waals surface area contributed by atoms with Crippen LogP contribution in [-0.4, -0.2) is 35.9 Å². The number of benzene rings is 1. The number of carbonyl (C=O) groups is 1. The summed E-state index contributed by atoms with van der Waals surface area (Å²) < 4.78 is 6.03. The SMILES string of the molecule is CCCCc1oc2ccccc2c1CN(C)C(=O)[C@@H](N)CCSC.Cl. The highest BCUT2D eigenvalue weighted by Gasteiger charge is 2.21. The molecule has 2 aromatic rings. The van der Waals surface area contributed by atoms with E-state index in [1.54, 1.807) is 16.7 Å². The van der Waals surface area contributed by atoms with Crippen LogP contribution in [0.3, 0.4) is 0 Å². The molecule has 0 saturated carbocycles. The average molecular weight is 385 g/mol. The molecule has 140 valence electrons. The predicted molar refractivity (Wildman–Crippen MR) is 110 cm³/mol. The van der Waals surface area contributed by atoms with Crippen LogP contribution in [0, 0.1) is 0 Å². The van der Waals surface area contributed by atoms with E-state index in [-0.39, 0.29) is 18.3 Å². The summed E-state index contributed by atoms with van der Waals surface area (Å²) in [6.07, 6.45) is 5.83. The molecule has 1 aromatic heterocycles. The summed E-state index contributed by atoms with van der Waals surface area (Å²) in [6, 6.07) is 7.61. The molecule has 0 fully saturated rings. The molecular formula is C19H29ClN2O2S.